The number of nitrogens with one attached hydrogen (secondary N) is 3. The number of carbonyl (C=O) groups is 3. The number of amides is 2. The minimum Gasteiger partial charge on any atom is -0.480 e. The summed E-state index contributed by atoms with van der Waals surface area (Å²) >= 11 is 5.81. The number of anilines is 1. The van der Waals surface area contributed by atoms with Gasteiger partial charge in [0.15, 0.2) is 5.69 Å². The number of carboxylic acids is 1. The zero-order chi connectivity index (χ0) is 29.6. The van der Waals surface area contributed by atoms with Crippen LogP contribution in [0.4, 0.5) is 18.9 Å². The molecule has 41 heavy (non-hydrogen) atoms. The second-order valence-electron chi connectivity index (χ2n) is 9.70. The molecule has 2 aromatic carbocycles. The number of oxazole rings is 1. The number of aliphatic carboxylic acids is 1. The number of aromatic nitrogens is 1. The Morgan fingerprint density at radius 1 is 1.00 bits per heavy atom. The lowest BCUT2D eigenvalue weighted by Gasteiger charge is -2.29. The molecule has 1 aliphatic carbocycles. The van der Waals surface area contributed by atoms with Gasteiger partial charge in [0.25, 0.3) is 5.91 Å². The van der Waals surface area contributed by atoms with Gasteiger partial charge in [0.2, 0.25) is 17.6 Å². The van der Waals surface area contributed by atoms with E-state index in [0.29, 0.717) is 16.6 Å². The standard InChI is InChI=1S/C28H28ClF3N4O5/c29-19-7-1-18(2-8-19)27-36-24(25(41-27)28(30,31)32)26(40)33-14-13-22(37)35-21-11-5-17(6-12-21)16-3-9-20(10-4-16)34-15-23(38)39/h1-2,5-8,11-12,16,20,34H,3-4,9-10,13-15H2,(H,33,40)(H,35,37)(H,38,39). The third-order valence-corrected chi connectivity index (χ3v) is 7.02. The molecule has 1 fully saturated rings. The fourth-order valence-corrected chi connectivity index (χ4v) is 4.81. The number of alkyl halides is 3. The Labute approximate surface area is 238 Å². The molecule has 13 heteroatoms. The lowest BCUT2D eigenvalue weighted by molar-refractivity contribution is -0.153. The van der Waals surface area contributed by atoms with Crippen LogP contribution in [0.3, 0.4) is 0 Å². The normalized spacial score (nSPS) is 17.2. The summed E-state index contributed by atoms with van der Waals surface area (Å²) in [6.45, 7) is -0.268. The highest BCUT2D eigenvalue weighted by Gasteiger charge is 2.42. The topological polar surface area (TPSA) is 134 Å². The maximum Gasteiger partial charge on any atom is 0.452 e. The van der Waals surface area contributed by atoms with Crippen molar-refractivity contribution in [2.45, 2.75) is 50.2 Å². The molecule has 0 bridgehead atoms. The van der Waals surface area contributed by atoms with Crippen LogP contribution in [0, 0.1) is 0 Å². The quantitative estimate of drug-likeness (QED) is 0.245. The van der Waals surface area contributed by atoms with Crippen molar-refractivity contribution < 1.29 is 37.1 Å². The first kappa shape index (κ1) is 30.1. The highest BCUT2D eigenvalue weighted by atomic mass is 35.5. The molecule has 9 nitrogen and oxygen atoms in total. The summed E-state index contributed by atoms with van der Waals surface area (Å²) in [4.78, 5) is 39.3. The predicted molar refractivity (Wildman–Crippen MR) is 145 cm³/mol. The van der Waals surface area contributed by atoms with Crippen LogP contribution in [-0.2, 0) is 15.8 Å². The Morgan fingerprint density at radius 2 is 1.66 bits per heavy atom. The van der Waals surface area contributed by atoms with Gasteiger partial charge in [0.05, 0.1) is 6.54 Å². The van der Waals surface area contributed by atoms with Crippen LogP contribution in [0.25, 0.3) is 11.5 Å². The zero-order valence-corrected chi connectivity index (χ0v) is 22.5. The van der Waals surface area contributed by atoms with Crippen LogP contribution in [0.15, 0.2) is 52.9 Å². The van der Waals surface area contributed by atoms with Gasteiger partial charge >= 0.3 is 12.1 Å². The third-order valence-electron chi connectivity index (χ3n) is 6.76. The van der Waals surface area contributed by atoms with E-state index in [4.69, 9.17) is 21.1 Å². The molecule has 0 saturated heterocycles. The van der Waals surface area contributed by atoms with Gasteiger partial charge in [0, 0.05) is 35.3 Å². The lowest BCUT2D eigenvalue weighted by atomic mass is 9.81. The number of hydrogen-bond acceptors (Lipinski definition) is 6. The maximum atomic E-state index is 13.5. The van der Waals surface area contributed by atoms with Crippen molar-refractivity contribution in [3.05, 3.63) is 70.6 Å². The molecule has 1 saturated carbocycles. The smallest absolute Gasteiger partial charge is 0.452 e. The van der Waals surface area contributed by atoms with Crippen LogP contribution in [0.2, 0.25) is 5.02 Å². The van der Waals surface area contributed by atoms with Gasteiger partial charge < -0.3 is 25.5 Å². The molecule has 1 heterocycles. The van der Waals surface area contributed by atoms with Crippen molar-refractivity contribution in [1.29, 1.82) is 0 Å². The lowest BCUT2D eigenvalue weighted by Crippen LogP contribution is -2.36. The first-order chi connectivity index (χ1) is 19.5. The number of hydrogen-bond donors (Lipinski definition) is 4. The second-order valence-corrected chi connectivity index (χ2v) is 10.1. The molecule has 1 aromatic heterocycles. The molecule has 0 atom stereocenters. The van der Waals surface area contributed by atoms with Gasteiger partial charge in [-0.05, 0) is 73.6 Å². The minimum atomic E-state index is -4.95. The van der Waals surface area contributed by atoms with Gasteiger partial charge in [0.1, 0.15) is 0 Å². The summed E-state index contributed by atoms with van der Waals surface area (Å²) in [7, 11) is 0. The monoisotopic (exact) mass is 592 g/mol. The molecular formula is C28H28ClF3N4O5. The summed E-state index contributed by atoms with van der Waals surface area (Å²) in [6.07, 6.45) is -1.53. The number of halogens is 4. The Kier molecular flexibility index (Phi) is 9.66. The number of benzene rings is 2. The summed E-state index contributed by atoms with van der Waals surface area (Å²) in [6, 6.07) is 13.3. The van der Waals surface area contributed by atoms with E-state index in [2.05, 4.69) is 20.9 Å². The molecule has 0 unspecified atom stereocenters. The first-order valence-electron chi connectivity index (χ1n) is 13.0. The van der Waals surface area contributed by atoms with Crippen molar-refractivity contribution in [2.24, 2.45) is 0 Å². The van der Waals surface area contributed by atoms with Gasteiger partial charge in [-0.1, -0.05) is 23.7 Å². The van der Waals surface area contributed by atoms with Crippen LogP contribution >= 0.6 is 11.6 Å². The molecule has 3 aromatic rings. The highest BCUT2D eigenvalue weighted by molar-refractivity contribution is 6.30. The second kappa shape index (κ2) is 13.2. The minimum absolute atomic E-state index is 0.0481. The van der Waals surface area contributed by atoms with Crippen molar-refractivity contribution in [3.63, 3.8) is 0 Å². The van der Waals surface area contributed by atoms with Crippen molar-refractivity contribution >= 4 is 35.1 Å². The molecule has 0 radical (unpaired) electrons. The van der Waals surface area contributed by atoms with E-state index in [0.717, 1.165) is 31.2 Å². The third kappa shape index (κ3) is 8.30. The molecule has 0 spiro atoms. The SMILES string of the molecule is O=C(O)CNC1CCC(c2ccc(NC(=O)CCNC(=O)c3nc(-c4ccc(Cl)cc4)oc3C(F)(F)F)cc2)CC1. The number of carboxylic acid groups (broad SMARTS) is 1. The molecule has 218 valence electrons. The Bertz CT molecular complexity index is 1370. The average Bonchev–Trinajstić information content (AvgIpc) is 3.40. The molecule has 2 amide bonds. The fraction of sp³-hybridized carbons (Fsp3) is 0.357. The molecule has 4 rings (SSSR count). The predicted octanol–water partition coefficient (Wildman–Crippen LogP) is 5.47. The maximum absolute atomic E-state index is 13.5. The van der Waals surface area contributed by atoms with Gasteiger partial charge in [-0.2, -0.15) is 13.2 Å². The Hall–Kier alpha value is -3.90. The van der Waals surface area contributed by atoms with E-state index in [1.807, 2.05) is 12.1 Å². The number of rotatable bonds is 10. The summed E-state index contributed by atoms with van der Waals surface area (Å²) in [5, 5.41) is 17.2. The summed E-state index contributed by atoms with van der Waals surface area (Å²) in [5.41, 5.74) is 0.957. The molecular weight excluding hydrogens is 565 g/mol. The van der Waals surface area contributed by atoms with Gasteiger partial charge in [-0.25, -0.2) is 4.98 Å². The van der Waals surface area contributed by atoms with E-state index in [9.17, 15) is 27.6 Å². The first-order valence-corrected chi connectivity index (χ1v) is 13.3. The molecule has 1 aliphatic rings. The van der Waals surface area contributed by atoms with Crippen molar-refractivity contribution in [1.82, 2.24) is 15.6 Å². The van der Waals surface area contributed by atoms with E-state index < -0.39 is 35.4 Å². The summed E-state index contributed by atoms with van der Waals surface area (Å²) in [5.74, 6) is -4.00. The zero-order valence-electron chi connectivity index (χ0n) is 21.8. The van der Waals surface area contributed by atoms with Crippen LogP contribution in [0.5, 0.6) is 0 Å². The number of nitrogens with zero attached hydrogens (tertiary/aromatic N) is 1. The summed E-state index contributed by atoms with van der Waals surface area (Å²) < 4.78 is 45.4. The Morgan fingerprint density at radius 3 is 2.27 bits per heavy atom. The van der Waals surface area contributed by atoms with Crippen LogP contribution in [-0.4, -0.2) is 47.0 Å². The molecule has 0 aliphatic heterocycles. The molecule has 4 N–H and O–H groups in total. The van der Waals surface area contributed by atoms with Crippen LogP contribution in [0.1, 0.15) is 59.8 Å². The largest absolute Gasteiger partial charge is 0.480 e. The van der Waals surface area contributed by atoms with E-state index in [1.165, 1.54) is 24.3 Å². The van der Waals surface area contributed by atoms with E-state index in [1.54, 1.807) is 12.1 Å². The van der Waals surface area contributed by atoms with Crippen molar-refractivity contribution in [2.75, 3.05) is 18.4 Å². The van der Waals surface area contributed by atoms with Crippen molar-refractivity contribution in [3.8, 4) is 11.5 Å². The number of carbonyl (C=O) groups excluding carboxylic acids is 2. The van der Waals surface area contributed by atoms with Crippen LogP contribution < -0.4 is 16.0 Å². The van der Waals surface area contributed by atoms with E-state index in [-0.39, 0.29) is 37.0 Å². The highest BCUT2D eigenvalue weighted by Crippen LogP contribution is 2.36. The van der Waals surface area contributed by atoms with E-state index >= 15 is 0 Å². The Balaban J connectivity index is 1.27. The van der Waals surface area contributed by atoms with Gasteiger partial charge in [-0.3, -0.25) is 14.4 Å². The average molecular weight is 593 g/mol. The fourth-order valence-electron chi connectivity index (χ4n) is 4.68. The van der Waals surface area contributed by atoms with Gasteiger partial charge in [-0.15, -0.1) is 0 Å².